The fourth-order valence-corrected chi connectivity index (χ4v) is 3.62. The molecule has 0 bridgehead atoms. The number of ether oxygens (including phenoxy) is 1. The van der Waals surface area contributed by atoms with E-state index in [9.17, 15) is 4.79 Å². The van der Waals surface area contributed by atoms with E-state index in [0.29, 0.717) is 25.3 Å². The number of morpholine rings is 1. The van der Waals surface area contributed by atoms with Crippen molar-refractivity contribution >= 4 is 11.7 Å². The van der Waals surface area contributed by atoms with Crippen LogP contribution in [0.5, 0.6) is 0 Å². The SMILES string of the molecule is O=C(c1cccnc1N1CCCC1)N1CCOC(c2ccccc2)C1. The van der Waals surface area contributed by atoms with Crippen molar-refractivity contribution in [2.24, 2.45) is 0 Å². The van der Waals surface area contributed by atoms with Crippen LogP contribution in [0.4, 0.5) is 5.82 Å². The van der Waals surface area contributed by atoms with Gasteiger partial charge in [0, 0.05) is 25.8 Å². The molecular formula is C20H23N3O2. The summed E-state index contributed by atoms with van der Waals surface area (Å²) < 4.78 is 5.89. The minimum absolute atomic E-state index is 0.0548. The molecule has 2 aliphatic rings. The minimum atomic E-state index is -0.0641. The molecule has 5 nitrogen and oxygen atoms in total. The first-order valence-corrected chi connectivity index (χ1v) is 8.99. The summed E-state index contributed by atoms with van der Waals surface area (Å²) in [5.41, 5.74) is 1.82. The molecule has 0 spiro atoms. The van der Waals surface area contributed by atoms with E-state index >= 15 is 0 Å². The van der Waals surface area contributed by atoms with Crippen LogP contribution in [0.1, 0.15) is 34.9 Å². The zero-order chi connectivity index (χ0) is 17.1. The smallest absolute Gasteiger partial charge is 0.257 e. The van der Waals surface area contributed by atoms with Crippen LogP contribution in [0.2, 0.25) is 0 Å². The Morgan fingerprint density at radius 1 is 1.04 bits per heavy atom. The summed E-state index contributed by atoms with van der Waals surface area (Å²) in [6.45, 7) is 3.72. The van der Waals surface area contributed by atoms with E-state index in [4.69, 9.17) is 4.74 Å². The van der Waals surface area contributed by atoms with Crippen molar-refractivity contribution in [3.8, 4) is 0 Å². The molecule has 1 atom stereocenters. The van der Waals surface area contributed by atoms with Crippen LogP contribution in [0.15, 0.2) is 48.7 Å². The quantitative estimate of drug-likeness (QED) is 0.864. The van der Waals surface area contributed by atoms with Gasteiger partial charge < -0.3 is 14.5 Å². The van der Waals surface area contributed by atoms with Crippen molar-refractivity contribution in [3.05, 3.63) is 59.8 Å². The van der Waals surface area contributed by atoms with E-state index < -0.39 is 0 Å². The molecule has 0 N–H and O–H groups in total. The Labute approximate surface area is 148 Å². The Hall–Kier alpha value is -2.40. The van der Waals surface area contributed by atoms with E-state index in [1.54, 1.807) is 6.20 Å². The van der Waals surface area contributed by atoms with Gasteiger partial charge in [0.1, 0.15) is 11.9 Å². The highest BCUT2D eigenvalue weighted by molar-refractivity contribution is 5.99. The van der Waals surface area contributed by atoms with Crippen LogP contribution in [0.25, 0.3) is 0 Å². The second-order valence-electron chi connectivity index (χ2n) is 6.59. The lowest BCUT2D eigenvalue weighted by atomic mass is 10.1. The van der Waals surface area contributed by atoms with Gasteiger partial charge in [0.05, 0.1) is 18.7 Å². The molecule has 1 unspecified atom stereocenters. The van der Waals surface area contributed by atoms with Gasteiger partial charge in [-0.25, -0.2) is 4.98 Å². The number of aromatic nitrogens is 1. The molecule has 2 aromatic rings. The summed E-state index contributed by atoms with van der Waals surface area (Å²) in [5, 5.41) is 0. The fraction of sp³-hybridized carbons (Fsp3) is 0.400. The van der Waals surface area contributed by atoms with Crippen molar-refractivity contribution in [1.29, 1.82) is 0 Å². The predicted molar refractivity (Wildman–Crippen MR) is 96.7 cm³/mol. The van der Waals surface area contributed by atoms with Gasteiger partial charge >= 0.3 is 0 Å². The van der Waals surface area contributed by atoms with Crippen LogP contribution >= 0.6 is 0 Å². The number of rotatable bonds is 3. The largest absolute Gasteiger partial charge is 0.370 e. The minimum Gasteiger partial charge on any atom is -0.370 e. The lowest BCUT2D eigenvalue weighted by Crippen LogP contribution is -2.42. The van der Waals surface area contributed by atoms with Crippen LogP contribution in [-0.2, 0) is 4.74 Å². The van der Waals surface area contributed by atoms with Gasteiger partial charge in [-0.1, -0.05) is 30.3 Å². The predicted octanol–water partition coefficient (Wildman–Crippen LogP) is 2.90. The van der Waals surface area contributed by atoms with Gasteiger partial charge in [0.25, 0.3) is 5.91 Å². The molecule has 3 heterocycles. The normalized spacial score (nSPS) is 20.7. The highest BCUT2D eigenvalue weighted by Crippen LogP contribution is 2.26. The van der Waals surface area contributed by atoms with Crippen LogP contribution in [-0.4, -0.2) is 48.6 Å². The molecule has 1 amide bonds. The van der Waals surface area contributed by atoms with E-state index in [1.165, 1.54) is 0 Å². The van der Waals surface area contributed by atoms with Crippen molar-refractivity contribution < 1.29 is 9.53 Å². The summed E-state index contributed by atoms with van der Waals surface area (Å²) in [6, 6.07) is 13.9. The molecule has 0 radical (unpaired) electrons. The van der Waals surface area contributed by atoms with Gasteiger partial charge in [-0.2, -0.15) is 0 Å². The summed E-state index contributed by atoms with van der Waals surface area (Å²) in [7, 11) is 0. The molecule has 1 aromatic carbocycles. The average molecular weight is 337 g/mol. The Kier molecular flexibility index (Phi) is 4.65. The van der Waals surface area contributed by atoms with E-state index in [2.05, 4.69) is 22.0 Å². The van der Waals surface area contributed by atoms with Crippen molar-refractivity contribution in [2.75, 3.05) is 37.7 Å². The third-order valence-electron chi connectivity index (χ3n) is 4.95. The molecule has 5 heteroatoms. The first kappa shape index (κ1) is 16.1. The van der Waals surface area contributed by atoms with E-state index in [-0.39, 0.29) is 12.0 Å². The highest BCUT2D eigenvalue weighted by atomic mass is 16.5. The maximum atomic E-state index is 13.2. The number of pyridine rings is 1. The fourth-order valence-electron chi connectivity index (χ4n) is 3.62. The molecule has 0 saturated carbocycles. The Bertz CT molecular complexity index is 729. The summed E-state index contributed by atoms with van der Waals surface area (Å²) in [6.07, 6.45) is 4.04. The number of benzene rings is 1. The zero-order valence-corrected chi connectivity index (χ0v) is 14.3. The molecule has 2 aliphatic heterocycles. The third kappa shape index (κ3) is 3.37. The molecule has 4 rings (SSSR count). The Balaban J connectivity index is 1.55. The zero-order valence-electron chi connectivity index (χ0n) is 14.3. The molecule has 2 saturated heterocycles. The van der Waals surface area contributed by atoms with Crippen LogP contribution in [0.3, 0.4) is 0 Å². The number of anilines is 1. The highest BCUT2D eigenvalue weighted by Gasteiger charge is 2.29. The first-order valence-electron chi connectivity index (χ1n) is 8.99. The molecule has 25 heavy (non-hydrogen) atoms. The lowest BCUT2D eigenvalue weighted by Gasteiger charge is -2.34. The molecule has 0 aliphatic carbocycles. The van der Waals surface area contributed by atoms with Gasteiger partial charge in [-0.3, -0.25) is 4.79 Å². The number of carbonyl (C=O) groups excluding carboxylic acids is 1. The number of hydrogen-bond donors (Lipinski definition) is 0. The second kappa shape index (κ2) is 7.23. The maximum absolute atomic E-state index is 13.2. The van der Waals surface area contributed by atoms with Gasteiger partial charge in [0.15, 0.2) is 0 Å². The van der Waals surface area contributed by atoms with Crippen LogP contribution in [0, 0.1) is 0 Å². The van der Waals surface area contributed by atoms with Crippen molar-refractivity contribution in [1.82, 2.24) is 9.88 Å². The molecular weight excluding hydrogens is 314 g/mol. The number of amides is 1. The summed E-state index contributed by atoms with van der Waals surface area (Å²) >= 11 is 0. The average Bonchev–Trinajstić information content (AvgIpc) is 3.23. The summed E-state index contributed by atoms with van der Waals surface area (Å²) in [4.78, 5) is 21.8. The monoisotopic (exact) mass is 337 g/mol. The van der Waals surface area contributed by atoms with Crippen molar-refractivity contribution in [3.63, 3.8) is 0 Å². The first-order chi connectivity index (χ1) is 12.3. The number of carbonyl (C=O) groups is 1. The van der Waals surface area contributed by atoms with Gasteiger partial charge in [-0.15, -0.1) is 0 Å². The molecule has 130 valence electrons. The summed E-state index contributed by atoms with van der Waals surface area (Å²) in [5.74, 6) is 0.881. The Morgan fingerprint density at radius 2 is 1.84 bits per heavy atom. The lowest BCUT2D eigenvalue weighted by molar-refractivity contribution is -0.0228. The van der Waals surface area contributed by atoms with E-state index in [0.717, 1.165) is 37.3 Å². The maximum Gasteiger partial charge on any atom is 0.257 e. The topological polar surface area (TPSA) is 45.7 Å². The third-order valence-corrected chi connectivity index (χ3v) is 4.95. The van der Waals surface area contributed by atoms with Crippen LogP contribution < -0.4 is 4.90 Å². The molecule has 1 aromatic heterocycles. The van der Waals surface area contributed by atoms with Gasteiger partial charge in [-0.05, 0) is 30.5 Å². The standard InChI is InChI=1S/C20H23N3O2/c24-20(17-9-6-10-21-19(17)22-11-4-5-12-22)23-13-14-25-18(15-23)16-7-2-1-3-8-16/h1-3,6-10,18H,4-5,11-15H2. The molecule has 2 fully saturated rings. The van der Waals surface area contributed by atoms with Crippen molar-refractivity contribution in [2.45, 2.75) is 18.9 Å². The number of nitrogens with zero attached hydrogens (tertiary/aromatic N) is 3. The van der Waals surface area contributed by atoms with E-state index in [1.807, 2.05) is 35.2 Å². The van der Waals surface area contributed by atoms with Gasteiger partial charge in [0.2, 0.25) is 0 Å². The Morgan fingerprint density at radius 3 is 2.64 bits per heavy atom. The number of hydrogen-bond acceptors (Lipinski definition) is 4. The second-order valence-corrected chi connectivity index (χ2v) is 6.59.